The minimum Gasteiger partial charge on any atom is -0.397 e. The van der Waals surface area contributed by atoms with Crippen LogP contribution in [-0.2, 0) is 0 Å². The molecule has 3 amide bonds. The zero-order valence-electron chi connectivity index (χ0n) is 16.4. The van der Waals surface area contributed by atoms with Crippen LogP contribution in [0.5, 0.6) is 0 Å². The van der Waals surface area contributed by atoms with Crippen molar-refractivity contribution in [1.82, 2.24) is 10.6 Å². The first kappa shape index (κ1) is 19.7. The van der Waals surface area contributed by atoms with Crippen LogP contribution in [-0.4, -0.2) is 24.0 Å². The van der Waals surface area contributed by atoms with Gasteiger partial charge in [-0.15, -0.1) is 0 Å². The number of carbonyl (C=O) groups is 2. The van der Waals surface area contributed by atoms with Crippen molar-refractivity contribution in [1.29, 1.82) is 0 Å². The topological polar surface area (TPSA) is 87.5 Å². The molecule has 2 aromatic carbocycles. The zero-order valence-corrected chi connectivity index (χ0v) is 16.4. The first-order valence-corrected chi connectivity index (χ1v) is 9.77. The van der Waals surface area contributed by atoms with E-state index in [4.69, 9.17) is 5.73 Å². The van der Waals surface area contributed by atoms with Gasteiger partial charge in [0, 0.05) is 23.7 Å². The van der Waals surface area contributed by atoms with E-state index in [1.165, 1.54) is 4.90 Å². The number of carbonyl (C=O) groups excluding carboxylic acids is 2. The number of benzene rings is 2. The van der Waals surface area contributed by atoms with Crippen LogP contribution in [0.4, 0.5) is 21.9 Å². The van der Waals surface area contributed by atoms with Gasteiger partial charge in [-0.2, -0.15) is 0 Å². The summed E-state index contributed by atoms with van der Waals surface area (Å²) in [7, 11) is 0. The quantitative estimate of drug-likeness (QED) is 0.663. The van der Waals surface area contributed by atoms with Gasteiger partial charge < -0.3 is 16.4 Å². The molecule has 0 bridgehead atoms. The molecule has 6 nitrogen and oxygen atoms in total. The molecule has 1 atom stereocenters. The van der Waals surface area contributed by atoms with E-state index < -0.39 is 0 Å². The molecule has 1 radical (unpaired) electrons. The fourth-order valence-corrected chi connectivity index (χ4v) is 2.96. The fourth-order valence-electron chi connectivity index (χ4n) is 2.96. The van der Waals surface area contributed by atoms with Crippen LogP contribution in [0.15, 0.2) is 42.5 Å². The van der Waals surface area contributed by atoms with Gasteiger partial charge in [-0.1, -0.05) is 25.1 Å². The number of para-hydroxylation sites is 1. The lowest BCUT2D eigenvalue weighted by Gasteiger charge is -2.31. The summed E-state index contributed by atoms with van der Waals surface area (Å²) in [5.41, 5.74) is 8.12. The molecule has 6 heteroatoms. The summed E-state index contributed by atoms with van der Waals surface area (Å²) >= 11 is 0. The number of rotatable bonds is 6. The van der Waals surface area contributed by atoms with Gasteiger partial charge in [0.25, 0.3) is 5.91 Å². The summed E-state index contributed by atoms with van der Waals surface area (Å²) in [5.74, 6) is -0.200. The van der Waals surface area contributed by atoms with Crippen molar-refractivity contribution in [2.24, 2.45) is 0 Å². The Morgan fingerprint density at radius 1 is 1.29 bits per heavy atom. The van der Waals surface area contributed by atoms with Crippen molar-refractivity contribution in [3.63, 3.8) is 0 Å². The molecule has 0 spiro atoms. The van der Waals surface area contributed by atoms with Crippen molar-refractivity contribution in [3.05, 3.63) is 54.1 Å². The highest BCUT2D eigenvalue weighted by Gasteiger charge is 2.26. The van der Waals surface area contributed by atoms with E-state index in [2.05, 4.69) is 16.7 Å². The summed E-state index contributed by atoms with van der Waals surface area (Å²) in [4.78, 5) is 26.8. The lowest BCUT2D eigenvalue weighted by atomic mass is 9.93. The number of urea groups is 1. The molecule has 0 unspecified atom stereocenters. The molecule has 0 saturated heterocycles. The first-order chi connectivity index (χ1) is 13.5. The Hall–Kier alpha value is -3.02. The smallest absolute Gasteiger partial charge is 0.326 e. The van der Waals surface area contributed by atoms with E-state index in [1.54, 1.807) is 12.1 Å². The van der Waals surface area contributed by atoms with Gasteiger partial charge in [-0.3, -0.25) is 9.69 Å². The van der Waals surface area contributed by atoms with E-state index in [0.29, 0.717) is 22.6 Å². The first-order valence-electron chi connectivity index (χ1n) is 9.77. The van der Waals surface area contributed by atoms with E-state index in [9.17, 15) is 9.59 Å². The number of anilines is 3. The molecule has 0 heterocycles. The molecule has 2 aromatic rings. The van der Waals surface area contributed by atoms with Crippen LogP contribution >= 0.6 is 0 Å². The Labute approximate surface area is 166 Å². The van der Waals surface area contributed by atoms with E-state index in [0.717, 1.165) is 25.7 Å². The molecule has 28 heavy (non-hydrogen) atoms. The average molecular weight is 379 g/mol. The summed E-state index contributed by atoms with van der Waals surface area (Å²) in [6, 6.07) is 15.6. The number of hydrogen-bond acceptors (Lipinski definition) is 3. The second kappa shape index (κ2) is 8.78. The van der Waals surface area contributed by atoms with Gasteiger partial charge >= 0.3 is 6.03 Å². The lowest BCUT2D eigenvalue weighted by Crippen LogP contribution is -2.46. The SMILES string of the molecule is CC[C@H](C)NC(=O)c1c[c]c(N(C(=O)NC2CCC2)c2ccccc2)c(N)c1. The Kier molecular flexibility index (Phi) is 6.19. The summed E-state index contributed by atoms with van der Waals surface area (Å²) in [5, 5.41) is 5.95. The van der Waals surface area contributed by atoms with E-state index in [-0.39, 0.29) is 24.0 Å². The van der Waals surface area contributed by atoms with Crippen molar-refractivity contribution in [2.45, 2.75) is 51.6 Å². The minimum atomic E-state index is -0.240. The molecule has 3 rings (SSSR count). The molecule has 1 aliphatic rings. The van der Waals surface area contributed by atoms with Crippen LogP contribution in [0.25, 0.3) is 0 Å². The maximum Gasteiger partial charge on any atom is 0.326 e. The third kappa shape index (κ3) is 4.44. The Morgan fingerprint density at radius 2 is 2.00 bits per heavy atom. The minimum absolute atomic E-state index is 0.0717. The van der Waals surface area contributed by atoms with Crippen LogP contribution in [0.2, 0.25) is 0 Å². The van der Waals surface area contributed by atoms with Crippen molar-refractivity contribution in [2.75, 3.05) is 10.6 Å². The van der Waals surface area contributed by atoms with Crippen molar-refractivity contribution in [3.8, 4) is 0 Å². The number of nitrogens with zero attached hydrogens (tertiary/aromatic N) is 1. The zero-order chi connectivity index (χ0) is 20.1. The Balaban J connectivity index is 1.89. The Morgan fingerprint density at radius 3 is 2.57 bits per heavy atom. The summed E-state index contributed by atoms with van der Waals surface area (Å²) in [6.07, 6.45) is 3.95. The predicted octanol–water partition coefficient (Wildman–Crippen LogP) is 4.00. The largest absolute Gasteiger partial charge is 0.397 e. The number of hydrogen-bond donors (Lipinski definition) is 3. The van der Waals surface area contributed by atoms with Crippen LogP contribution in [0.3, 0.4) is 0 Å². The Bertz CT molecular complexity index is 834. The summed E-state index contributed by atoms with van der Waals surface area (Å²) < 4.78 is 0. The van der Waals surface area contributed by atoms with Gasteiger partial charge in [0.05, 0.1) is 17.1 Å². The summed E-state index contributed by atoms with van der Waals surface area (Å²) in [6.45, 7) is 3.95. The van der Waals surface area contributed by atoms with E-state index in [1.807, 2.05) is 44.2 Å². The van der Waals surface area contributed by atoms with Crippen LogP contribution < -0.4 is 21.3 Å². The average Bonchev–Trinajstić information content (AvgIpc) is 2.66. The predicted molar refractivity (Wildman–Crippen MR) is 112 cm³/mol. The molecule has 0 aromatic heterocycles. The van der Waals surface area contributed by atoms with Gasteiger partial charge in [-0.25, -0.2) is 4.79 Å². The second-order valence-electron chi connectivity index (χ2n) is 7.22. The number of amides is 3. The monoisotopic (exact) mass is 379 g/mol. The third-order valence-electron chi connectivity index (χ3n) is 5.07. The maximum absolute atomic E-state index is 13.0. The highest BCUT2D eigenvalue weighted by Crippen LogP contribution is 2.31. The highest BCUT2D eigenvalue weighted by atomic mass is 16.2. The molecule has 1 fully saturated rings. The molecule has 4 N–H and O–H groups in total. The van der Waals surface area contributed by atoms with Gasteiger partial charge in [0.2, 0.25) is 0 Å². The molecular weight excluding hydrogens is 352 g/mol. The lowest BCUT2D eigenvalue weighted by molar-refractivity contribution is 0.0939. The maximum atomic E-state index is 13.0. The van der Waals surface area contributed by atoms with Crippen LogP contribution in [0, 0.1) is 6.07 Å². The normalized spacial score (nSPS) is 14.6. The third-order valence-corrected chi connectivity index (χ3v) is 5.07. The van der Waals surface area contributed by atoms with Crippen molar-refractivity contribution < 1.29 is 9.59 Å². The van der Waals surface area contributed by atoms with Crippen molar-refractivity contribution >= 4 is 29.0 Å². The number of nitrogen functional groups attached to an aromatic ring is 1. The van der Waals surface area contributed by atoms with Gasteiger partial charge in [-0.05, 0) is 56.9 Å². The molecule has 147 valence electrons. The molecule has 1 saturated carbocycles. The standard InChI is InChI=1S/C22H27N4O2/c1-3-15(2)24-21(27)16-12-13-20(19(23)14-16)26(18-10-5-4-6-11-18)22(28)25-17-8-7-9-17/h4-6,10-12,14-15,17H,3,7-9,23H2,1-2H3,(H,24,27)(H,25,28)/t15-/m0/s1. The van der Waals surface area contributed by atoms with E-state index >= 15 is 0 Å². The number of nitrogens with two attached hydrogens (primary N) is 1. The molecule has 1 aliphatic carbocycles. The number of nitrogens with one attached hydrogen (secondary N) is 2. The fraction of sp³-hybridized carbons (Fsp3) is 0.364. The van der Waals surface area contributed by atoms with Gasteiger partial charge in [0.15, 0.2) is 0 Å². The van der Waals surface area contributed by atoms with Crippen LogP contribution in [0.1, 0.15) is 49.9 Å². The molecular formula is C22H27N4O2. The van der Waals surface area contributed by atoms with Gasteiger partial charge in [0.1, 0.15) is 0 Å². The second-order valence-corrected chi connectivity index (χ2v) is 7.22. The highest BCUT2D eigenvalue weighted by molar-refractivity contribution is 6.03. The molecule has 0 aliphatic heterocycles.